The Bertz CT molecular complexity index is 450. The minimum atomic E-state index is -0.338. The van der Waals surface area contributed by atoms with Gasteiger partial charge < -0.3 is 23.7 Å². The molecular formula is C14H16O5. The van der Waals surface area contributed by atoms with Crippen LogP contribution in [0.2, 0.25) is 0 Å². The standard InChI is InChI=1S/C14H16O5/c1-15-14-12-11(18-12)10-9(17-14)7-16-13(19-10)8-5-3-2-4-6-8/h2-6,9-14H,7H2,1H3/t9-,10-,11?,12-,13-,14+/m1/s1. The highest BCUT2D eigenvalue weighted by Crippen LogP contribution is 2.43. The lowest BCUT2D eigenvalue weighted by Gasteiger charge is -2.39. The predicted molar refractivity (Wildman–Crippen MR) is 64.3 cm³/mol. The highest BCUT2D eigenvalue weighted by Gasteiger charge is 2.60. The Labute approximate surface area is 111 Å². The molecule has 1 unspecified atom stereocenters. The van der Waals surface area contributed by atoms with Crippen molar-refractivity contribution in [2.75, 3.05) is 13.7 Å². The van der Waals surface area contributed by atoms with Crippen LogP contribution in [0.25, 0.3) is 0 Å². The second kappa shape index (κ2) is 4.54. The smallest absolute Gasteiger partial charge is 0.186 e. The van der Waals surface area contributed by atoms with Crippen LogP contribution < -0.4 is 0 Å². The largest absolute Gasteiger partial charge is 0.361 e. The van der Waals surface area contributed by atoms with Gasteiger partial charge in [0.1, 0.15) is 24.4 Å². The molecule has 0 aromatic heterocycles. The van der Waals surface area contributed by atoms with Crippen molar-refractivity contribution in [1.29, 1.82) is 0 Å². The van der Waals surface area contributed by atoms with Gasteiger partial charge in [0.25, 0.3) is 0 Å². The zero-order valence-corrected chi connectivity index (χ0v) is 10.6. The summed E-state index contributed by atoms with van der Waals surface area (Å²) in [6, 6.07) is 9.92. The molecular weight excluding hydrogens is 248 g/mol. The molecule has 3 heterocycles. The van der Waals surface area contributed by atoms with Gasteiger partial charge in [0.2, 0.25) is 0 Å². The van der Waals surface area contributed by atoms with E-state index in [1.54, 1.807) is 7.11 Å². The molecule has 19 heavy (non-hydrogen) atoms. The van der Waals surface area contributed by atoms with E-state index >= 15 is 0 Å². The summed E-state index contributed by atoms with van der Waals surface area (Å²) in [6.45, 7) is 0.497. The van der Waals surface area contributed by atoms with E-state index in [4.69, 9.17) is 23.7 Å². The van der Waals surface area contributed by atoms with Crippen molar-refractivity contribution >= 4 is 0 Å². The number of ether oxygens (including phenoxy) is 5. The molecule has 1 aromatic rings. The first-order valence-electron chi connectivity index (χ1n) is 6.52. The van der Waals surface area contributed by atoms with E-state index in [0.717, 1.165) is 5.56 Å². The van der Waals surface area contributed by atoms with Crippen molar-refractivity contribution in [1.82, 2.24) is 0 Å². The van der Waals surface area contributed by atoms with Gasteiger partial charge >= 0.3 is 0 Å². The van der Waals surface area contributed by atoms with Crippen LogP contribution in [-0.2, 0) is 23.7 Å². The normalized spacial score (nSPS) is 44.3. The number of rotatable bonds is 2. The van der Waals surface area contributed by atoms with Crippen LogP contribution in [0.15, 0.2) is 30.3 Å². The van der Waals surface area contributed by atoms with Crippen LogP contribution in [0.3, 0.4) is 0 Å². The highest BCUT2D eigenvalue weighted by molar-refractivity contribution is 5.17. The van der Waals surface area contributed by atoms with Crippen LogP contribution in [0, 0.1) is 0 Å². The van der Waals surface area contributed by atoms with E-state index in [1.807, 2.05) is 30.3 Å². The fraction of sp³-hybridized carbons (Fsp3) is 0.571. The molecule has 1 aromatic carbocycles. The average molecular weight is 264 g/mol. The van der Waals surface area contributed by atoms with Gasteiger partial charge in [-0.1, -0.05) is 30.3 Å². The summed E-state index contributed by atoms with van der Waals surface area (Å²) in [6.07, 6.45) is -0.759. The second-order valence-electron chi connectivity index (χ2n) is 5.02. The molecule has 3 aliphatic heterocycles. The number of methoxy groups -OCH3 is 1. The molecule has 3 saturated heterocycles. The van der Waals surface area contributed by atoms with Crippen molar-refractivity contribution in [3.63, 3.8) is 0 Å². The molecule has 0 aliphatic carbocycles. The molecule has 0 spiro atoms. The summed E-state index contributed by atoms with van der Waals surface area (Å²) in [5.74, 6) is 0. The Morgan fingerprint density at radius 2 is 1.84 bits per heavy atom. The fourth-order valence-electron chi connectivity index (χ4n) is 2.80. The third-order valence-corrected chi connectivity index (χ3v) is 3.83. The minimum absolute atomic E-state index is 0.000716. The molecule has 4 rings (SSSR count). The molecule has 3 fully saturated rings. The molecule has 3 aliphatic rings. The van der Waals surface area contributed by atoms with Crippen molar-refractivity contribution in [3.8, 4) is 0 Å². The summed E-state index contributed by atoms with van der Waals surface area (Å²) in [4.78, 5) is 0. The summed E-state index contributed by atoms with van der Waals surface area (Å²) in [5.41, 5.74) is 1.02. The van der Waals surface area contributed by atoms with E-state index in [1.165, 1.54) is 0 Å². The van der Waals surface area contributed by atoms with E-state index in [2.05, 4.69) is 0 Å². The van der Waals surface area contributed by atoms with Crippen LogP contribution in [0.5, 0.6) is 0 Å². The molecule has 0 N–H and O–H groups in total. The van der Waals surface area contributed by atoms with Gasteiger partial charge in [-0.05, 0) is 0 Å². The van der Waals surface area contributed by atoms with Crippen molar-refractivity contribution in [2.45, 2.75) is 37.0 Å². The maximum absolute atomic E-state index is 6.00. The monoisotopic (exact) mass is 264 g/mol. The van der Waals surface area contributed by atoms with Gasteiger partial charge in [0, 0.05) is 12.7 Å². The zero-order chi connectivity index (χ0) is 12.8. The second-order valence-corrected chi connectivity index (χ2v) is 5.02. The molecule has 5 heteroatoms. The summed E-state index contributed by atoms with van der Waals surface area (Å²) in [7, 11) is 1.63. The fourth-order valence-corrected chi connectivity index (χ4v) is 2.80. The number of benzene rings is 1. The molecule has 0 bridgehead atoms. The lowest BCUT2D eigenvalue weighted by atomic mass is 10.0. The molecule has 5 nitrogen and oxygen atoms in total. The number of epoxide rings is 1. The van der Waals surface area contributed by atoms with Crippen LogP contribution in [-0.4, -0.2) is 44.4 Å². The Hall–Kier alpha value is -0.980. The van der Waals surface area contributed by atoms with E-state index in [-0.39, 0.29) is 37.0 Å². The minimum Gasteiger partial charge on any atom is -0.361 e. The van der Waals surface area contributed by atoms with Crippen LogP contribution in [0.4, 0.5) is 0 Å². The third-order valence-electron chi connectivity index (χ3n) is 3.83. The topological polar surface area (TPSA) is 49.5 Å². The summed E-state index contributed by atoms with van der Waals surface area (Å²) in [5, 5.41) is 0. The SMILES string of the molecule is CO[C@H]1O[C@@H]2CO[C@@H](c3ccccc3)O[C@H]2C2O[C@H]21. The molecule has 0 saturated carbocycles. The lowest BCUT2D eigenvalue weighted by molar-refractivity contribution is -0.304. The molecule has 102 valence electrons. The predicted octanol–water partition coefficient (Wildman–Crippen LogP) is 1.24. The van der Waals surface area contributed by atoms with Crippen molar-refractivity contribution in [2.24, 2.45) is 0 Å². The van der Waals surface area contributed by atoms with Crippen molar-refractivity contribution < 1.29 is 23.7 Å². The number of fused-ring (bicyclic) bond motifs is 3. The van der Waals surface area contributed by atoms with Gasteiger partial charge in [-0.2, -0.15) is 0 Å². The Morgan fingerprint density at radius 1 is 1.00 bits per heavy atom. The van der Waals surface area contributed by atoms with Gasteiger partial charge in [-0.25, -0.2) is 0 Å². The van der Waals surface area contributed by atoms with E-state index in [0.29, 0.717) is 6.61 Å². The van der Waals surface area contributed by atoms with Gasteiger partial charge in [0.15, 0.2) is 12.6 Å². The van der Waals surface area contributed by atoms with Gasteiger partial charge in [-0.3, -0.25) is 0 Å². The first-order valence-corrected chi connectivity index (χ1v) is 6.52. The van der Waals surface area contributed by atoms with E-state index < -0.39 is 0 Å². The Kier molecular flexibility index (Phi) is 2.82. The third kappa shape index (κ3) is 1.98. The first-order chi connectivity index (χ1) is 9.36. The molecule has 0 amide bonds. The Balaban J connectivity index is 1.50. The first kappa shape index (κ1) is 11.8. The van der Waals surface area contributed by atoms with Gasteiger partial charge in [-0.15, -0.1) is 0 Å². The maximum Gasteiger partial charge on any atom is 0.186 e. The number of hydrogen-bond donors (Lipinski definition) is 0. The maximum atomic E-state index is 6.00. The average Bonchev–Trinajstić information content (AvgIpc) is 3.27. The summed E-state index contributed by atoms with van der Waals surface area (Å²) >= 11 is 0. The van der Waals surface area contributed by atoms with Crippen LogP contribution in [0.1, 0.15) is 11.9 Å². The van der Waals surface area contributed by atoms with E-state index in [9.17, 15) is 0 Å². The summed E-state index contributed by atoms with van der Waals surface area (Å²) < 4.78 is 28.4. The van der Waals surface area contributed by atoms with Gasteiger partial charge in [0.05, 0.1) is 6.61 Å². The molecule has 0 radical (unpaired) electrons. The number of hydrogen-bond acceptors (Lipinski definition) is 5. The molecule has 6 atom stereocenters. The van der Waals surface area contributed by atoms with Crippen molar-refractivity contribution in [3.05, 3.63) is 35.9 Å². The lowest BCUT2D eigenvalue weighted by Crippen LogP contribution is -2.52. The quantitative estimate of drug-likeness (QED) is 0.752. The zero-order valence-electron chi connectivity index (χ0n) is 10.6. The highest BCUT2D eigenvalue weighted by atomic mass is 16.8. The van der Waals surface area contributed by atoms with Crippen LogP contribution >= 0.6 is 0 Å². The Morgan fingerprint density at radius 3 is 2.63 bits per heavy atom.